The largest absolute Gasteiger partial charge is 0.481 e. The van der Waals surface area contributed by atoms with Crippen molar-refractivity contribution in [1.29, 1.82) is 0 Å². The zero-order valence-electron chi connectivity index (χ0n) is 15.0. The summed E-state index contributed by atoms with van der Waals surface area (Å²) in [4.78, 5) is 12.6. The maximum absolute atomic E-state index is 12.6. The quantitative estimate of drug-likeness (QED) is 0.763. The van der Waals surface area contributed by atoms with Crippen molar-refractivity contribution in [2.24, 2.45) is 0 Å². The van der Waals surface area contributed by atoms with E-state index in [0.717, 1.165) is 23.4 Å². The third-order valence-electron chi connectivity index (χ3n) is 4.11. The number of ether oxygens (including phenoxy) is 1. The van der Waals surface area contributed by atoms with Crippen molar-refractivity contribution in [2.45, 2.75) is 52.6 Å². The zero-order chi connectivity index (χ0) is 17.5. The number of anilines is 1. The van der Waals surface area contributed by atoms with Crippen molar-refractivity contribution in [2.75, 3.05) is 5.32 Å². The van der Waals surface area contributed by atoms with E-state index in [-0.39, 0.29) is 5.91 Å². The second-order valence-corrected chi connectivity index (χ2v) is 6.24. The van der Waals surface area contributed by atoms with Gasteiger partial charge in [0.2, 0.25) is 0 Å². The predicted molar refractivity (Wildman–Crippen MR) is 99.7 cm³/mol. The summed E-state index contributed by atoms with van der Waals surface area (Å²) >= 11 is 0. The van der Waals surface area contributed by atoms with Gasteiger partial charge in [-0.15, -0.1) is 0 Å². The number of aryl methyl sites for hydroxylation is 1. The van der Waals surface area contributed by atoms with Gasteiger partial charge in [0.1, 0.15) is 5.75 Å². The van der Waals surface area contributed by atoms with E-state index >= 15 is 0 Å². The summed E-state index contributed by atoms with van der Waals surface area (Å²) < 4.78 is 5.89. The average molecular weight is 325 g/mol. The van der Waals surface area contributed by atoms with Crippen LogP contribution in [0.2, 0.25) is 0 Å². The highest BCUT2D eigenvalue weighted by molar-refractivity contribution is 5.95. The number of para-hydroxylation sites is 1. The smallest absolute Gasteiger partial charge is 0.265 e. The zero-order valence-corrected chi connectivity index (χ0v) is 15.0. The minimum absolute atomic E-state index is 0.106. The molecule has 1 atom stereocenters. The molecule has 3 heteroatoms. The standard InChI is InChI=1S/C21H27NO2/c1-5-16-11-13-17(14-12-16)24-20(6-2)21(23)22-19-10-8-7-9-18(19)15(3)4/h7-15,20H,5-6H2,1-4H3,(H,22,23)/t20-/m0/s1. The molecule has 2 aromatic rings. The van der Waals surface area contributed by atoms with E-state index in [4.69, 9.17) is 4.74 Å². The van der Waals surface area contributed by atoms with Crippen LogP contribution in [0.25, 0.3) is 0 Å². The molecule has 2 aromatic carbocycles. The van der Waals surface area contributed by atoms with Crippen molar-refractivity contribution in [3.63, 3.8) is 0 Å². The summed E-state index contributed by atoms with van der Waals surface area (Å²) in [5.41, 5.74) is 3.25. The maximum Gasteiger partial charge on any atom is 0.265 e. The minimum Gasteiger partial charge on any atom is -0.481 e. The Hall–Kier alpha value is -2.29. The van der Waals surface area contributed by atoms with E-state index in [1.807, 2.05) is 55.5 Å². The monoisotopic (exact) mass is 325 g/mol. The molecule has 0 saturated heterocycles. The Kier molecular flexibility index (Phi) is 6.42. The summed E-state index contributed by atoms with van der Waals surface area (Å²) in [5, 5.41) is 3.02. The first kappa shape index (κ1) is 18.1. The van der Waals surface area contributed by atoms with Gasteiger partial charge in [0.15, 0.2) is 6.10 Å². The fraction of sp³-hybridized carbons (Fsp3) is 0.381. The Morgan fingerprint density at radius 3 is 2.29 bits per heavy atom. The lowest BCUT2D eigenvalue weighted by molar-refractivity contribution is -0.122. The predicted octanol–water partition coefficient (Wildman–Crippen LogP) is 5.17. The first-order valence-corrected chi connectivity index (χ1v) is 8.70. The van der Waals surface area contributed by atoms with E-state index in [2.05, 4.69) is 26.1 Å². The third-order valence-corrected chi connectivity index (χ3v) is 4.11. The number of hydrogen-bond donors (Lipinski definition) is 1. The Morgan fingerprint density at radius 1 is 1.04 bits per heavy atom. The second kappa shape index (κ2) is 8.53. The van der Waals surface area contributed by atoms with Crippen molar-refractivity contribution in [1.82, 2.24) is 0 Å². The molecule has 0 spiro atoms. The highest BCUT2D eigenvalue weighted by Crippen LogP contribution is 2.24. The Balaban J connectivity index is 2.08. The van der Waals surface area contributed by atoms with Crippen LogP contribution in [0.3, 0.4) is 0 Å². The molecular formula is C21H27NO2. The molecule has 2 rings (SSSR count). The van der Waals surface area contributed by atoms with Gasteiger partial charge in [0, 0.05) is 5.69 Å². The highest BCUT2D eigenvalue weighted by atomic mass is 16.5. The van der Waals surface area contributed by atoms with Crippen LogP contribution in [0.15, 0.2) is 48.5 Å². The molecule has 0 bridgehead atoms. The lowest BCUT2D eigenvalue weighted by atomic mass is 10.0. The highest BCUT2D eigenvalue weighted by Gasteiger charge is 2.20. The van der Waals surface area contributed by atoms with Gasteiger partial charge < -0.3 is 10.1 Å². The van der Waals surface area contributed by atoms with Gasteiger partial charge in [0.05, 0.1) is 0 Å². The second-order valence-electron chi connectivity index (χ2n) is 6.24. The van der Waals surface area contributed by atoms with Crippen LogP contribution in [0, 0.1) is 0 Å². The summed E-state index contributed by atoms with van der Waals surface area (Å²) in [7, 11) is 0. The maximum atomic E-state index is 12.6. The van der Waals surface area contributed by atoms with Crippen LogP contribution in [0.1, 0.15) is 51.2 Å². The number of hydrogen-bond acceptors (Lipinski definition) is 2. The Morgan fingerprint density at radius 2 is 1.71 bits per heavy atom. The molecule has 0 aliphatic rings. The average Bonchev–Trinajstić information content (AvgIpc) is 2.60. The molecule has 1 N–H and O–H groups in total. The van der Waals surface area contributed by atoms with Gasteiger partial charge in [-0.05, 0) is 48.1 Å². The summed E-state index contributed by atoms with van der Waals surface area (Å²) in [6.07, 6.45) is 1.10. The molecule has 0 unspecified atom stereocenters. The molecule has 3 nitrogen and oxygen atoms in total. The molecule has 0 heterocycles. The lowest BCUT2D eigenvalue weighted by Gasteiger charge is -2.19. The SMILES string of the molecule is CCc1ccc(O[C@@H](CC)C(=O)Nc2ccccc2C(C)C)cc1. The van der Waals surface area contributed by atoms with Crippen molar-refractivity contribution in [3.8, 4) is 5.75 Å². The van der Waals surface area contributed by atoms with Crippen LogP contribution in [0.5, 0.6) is 5.75 Å². The lowest BCUT2D eigenvalue weighted by Crippen LogP contribution is -2.32. The van der Waals surface area contributed by atoms with Crippen LogP contribution in [0.4, 0.5) is 5.69 Å². The van der Waals surface area contributed by atoms with Gasteiger partial charge in [-0.1, -0.05) is 58.0 Å². The van der Waals surface area contributed by atoms with Gasteiger partial charge in [0.25, 0.3) is 5.91 Å². The number of benzene rings is 2. The van der Waals surface area contributed by atoms with Crippen LogP contribution < -0.4 is 10.1 Å². The number of carbonyl (C=O) groups excluding carboxylic acids is 1. The molecule has 1 amide bonds. The third kappa shape index (κ3) is 4.60. The minimum atomic E-state index is -0.502. The van der Waals surface area contributed by atoms with Crippen molar-refractivity contribution >= 4 is 11.6 Å². The Bertz CT molecular complexity index is 662. The molecule has 0 radical (unpaired) electrons. The molecule has 128 valence electrons. The van der Waals surface area contributed by atoms with E-state index in [1.54, 1.807) is 0 Å². The Labute approximate surface area is 145 Å². The van der Waals surface area contributed by atoms with E-state index < -0.39 is 6.10 Å². The first-order chi connectivity index (χ1) is 11.5. The number of carbonyl (C=O) groups is 1. The molecule has 0 saturated carbocycles. The van der Waals surface area contributed by atoms with E-state index in [1.165, 1.54) is 5.56 Å². The summed E-state index contributed by atoms with van der Waals surface area (Å²) in [6.45, 7) is 8.31. The van der Waals surface area contributed by atoms with Gasteiger partial charge >= 0.3 is 0 Å². The molecule has 24 heavy (non-hydrogen) atoms. The van der Waals surface area contributed by atoms with Crippen LogP contribution >= 0.6 is 0 Å². The fourth-order valence-electron chi connectivity index (χ4n) is 2.62. The van der Waals surface area contributed by atoms with E-state index in [9.17, 15) is 4.79 Å². The summed E-state index contributed by atoms with van der Waals surface area (Å²) in [6, 6.07) is 15.8. The van der Waals surface area contributed by atoms with Crippen molar-refractivity contribution < 1.29 is 9.53 Å². The molecule has 0 aliphatic heterocycles. The van der Waals surface area contributed by atoms with Gasteiger partial charge in [-0.25, -0.2) is 0 Å². The number of amides is 1. The number of nitrogens with one attached hydrogen (secondary N) is 1. The first-order valence-electron chi connectivity index (χ1n) is 8.70. The van der Waals surface area contributed by atoms with Crippen molar-refractivity contribution in [3.05, 3.63) is 59.7 Å². The van der Waals surface area contributed by atoms with E-state index in [0.29, 0.717) is 12.3 Å². The topological polar surface area (TPSA) is 38.3 Å². The fourth-order valence-corrected chi connectivity index (χ4v) is 2.62. The molecule has 0 aliphatic carbocycles. The van der Waals surface area contributed by atoms with Gasteiger partial charge in [-0.2, -0.15) is 0 Å². The van der Waals surface area contributed by atoms with Gasteiger partial charge in [-0.3, -0.25) is 4.79 Å². The molecule has 0 aromatic heterocycles. The molecular weight excluding hydrogens is 298 g/mol. The van der Waals surface area contributed by atoms with Crippen LogP contribution in [-0.4, -0.2) is 12.0 Å². The number of rotatable bonds is 7. The summed E-state index contributed by atoms with van der Waals surface area (Å²) in [5.74, 6) is 0.973. The molecule has 0 fully saturated rings. The van der Waals surface area contributed by atoms with Crippen LogP contribution in [-0.2, 0) is 11.2 Å². The normalized spacial score (nSPS) is 12.0.